The lowest BCUT2D eigenvalue weighted by molar-refractivity contribution is 0.307. The smallest absolute Gasteiger partial charge is 0.124 e. The van der Waals surface area contributed by atoms with Gasteiger partial charge in [-0.05, 0) is 42.1 Å². The highest BCUT2D eigenvalue weighted by Crippen LogP contribution is 2.33. The lowest BCUT2D eigenvalue weighted by atomic mass is 10.1. The highest BCUT2D eigenvalue weighted by atomic mass is 32.1. The Morgan fingerprint density at radius 1 is 1.16 bits per heavy atom. The zero-order valence-electron chi connectivity index (χ0n) is 10.6. The van der Waals surface area contributed by atoms with Crippen molar-refractivity contribution in [3.8, 4) is 11.5 Å². The molecule has 1 aromatic heterocycles. The van der Waals surface area contributed by atoms with Crippen LogP contribution < -0.4 is 4.74 Å². The molecule has 3 aromatic rings. The van der Waals surface area contributed by atoms with Crippen molar-refractivity contribution in [3.63, 3.8) is 0 Å². The topological polar surface area (TPSA) is 29.5 Å². The van der Waals surface area contributed by atoms with Crippen LogP contribution in [0.25, 0.3) is 10.1 Å². The van der Waals surface area contributed by atoms with Gasteiger partial charge in [0, 0.05) is 15.6 Å². The van der Waals surface area contributed by atoms with Gasteiger partial charge in [-0.2, -0.15) is 0 Å². The quantitative estimate of drug-likeness (QED) is 0.759. The van der Waals surface area contributed by atoms with Crippen LogP contribution in [-0.4, -0.2) is 5.11 Å². The molecule has 0 radical (unpaired) electrons. The van der Waals surface area contributed by atoms with Gasteiger partial charge in [-0.15, -0.1) is 11.3 Å². The lowest BCUT2D eigenvalue weighted by Crippen LogP contribution is -1.94. The highest BCUT2D eigenvalue weighted by molar-refractivity contribution is 7.17. The largest absolute Gasteiger partial charge is 0.507 e. The normalized spacial score (nSPS) is 10.8. The molecule has 3 heteroatoms. The second kappa shape index (κ2) is 4.94. The monoisotopic (exact) mass is 270 g/mol. The van der Waals surface area contributed by atoms with Crippen LogP contribution in [0.1, 0.15) is 11.1 Å². The van der Waals surface area contributed by atoms with E-state index in [0.717, 1.165) is 21.4 Å². The number of hydrogen-bond donors (Lipinski definition) is 1. The van der Waals surface area contributed by atoms with Gasteiger partial charge in [0.25, 0.3) is 0 Å². The minimum atomic E-state index is 0.321. The number of thiophene rings is 1. The van der Waals surface area contributed by atoms with E-state index in [-0.39, 0.29) is 0 Å². The Balaban J connectivity index is 1.86. The van der Waals surface area contributed by atoms with Gasteiger partial charge in [0.15, 0.2) is 0 Å². The van der Waals surface area contributed by atoms with Crippen LogP contribution in [0.3, 0.4) is 0 Å². The Hall–Kier alpha value is -2.00. The third kappa shape index (κ3) is 2.42. The lowest BCUT2D eigenvalue weighted by Gasteiger charge is -2.06. The van der Waals surface area contributed by atoms with Gasteiger partial charge >= 0.3 is 0 Å². The molecule has 0 amide bonds. The van der Waals surface area contributed by atoms with Crippen molar-refractivity contribution in [2.75, 3.05) is 0 Å². The van der Waals surface area contributed by atoms with Crippen LogP contribution in [-0.2, 0) is 6.61 Å². The number of phenolic OH excluding ortho intramolecular Hbond substituents is 1. The van der Waals surface area contributed by atoms with E-state index in [0.29, 0.717) is 12.4 Å². The summed E-state index contributed by atoms with van der Waals surface area (Å²) in [5.74, 6) is 1.18. The number of benzene rings is 2. The summed E-state index contributed by atoms with van der Waals surface area (Å²) in [5, 5.41) is 12.9. The average Bonchev–Trinajstić information content (AvgIpc) is 2.81. The van der Waals surface area contributed by atoms with Crippen molar-refractivity contribution in [2.45, 2.75) is 13.5 Å². The summed E-state index contributed by atoms with van der Waals surface area (Å²) in [7, 11) is 0. The molecular weight excluding hydrogens is 256 g/mol. The molecule has 96 valence electrons. The second-order valence-electron chi connectivity index (χ2n) is 4.52. The van der Waals surface area contributed by atoms with E-state index in [2.05, 4.69) is 0 Å². The van der Waals surface area contributed by atoms with Gasteiger partial charge in [0.05, 0.1) is 0 Å². The molecule has 0 unspecified atom stereocenters. The SMILES string of the molecule is Cc1cccc(OCc2csc3cccc(O)c23)c1. The average molecular weight is 270 g/mol. The number of rotatable bonds is 3. The van der Waals surface area contributed by atoms with Crippen LogP contribution in [0.4, 0.5) is 0 Å². The molecule has 0 saturated heterocycles. The van der Waals surface area contributed by atoms with Crippen molar-refractivity contribution >= 4 is 21.4 Å². The Kier molecular flexibility index (Phi) is 3.13. The summed E-state index contributed by atoms with van der Waals surface area (Å²) in [6.45, 7) is 2.51. The van der Waals surface area contributed by atoms with E-state index in [1.54, 1.807) is 17.4 Å². The molecule has 19 heavy (non-hydrogen) atoms. The molecule has 1 heterocycles. The molecule has 0 spiro atoms. The highest BCUT2D eigenvalue weighted by Gasteiger charge is 2.08. The fraction of sp³-hybridized carbons (Fsp3) is 0.125. The van der Waals surface area contributed by atoms with Crippen molar-refractivity contribution in [3.05, 3.63) is 59.0 Å². The molecule has 0 bridgehead atoms. The summed E-state index contributed by atoms with van der Waals surface area (Å²) >= 11 is 1.63. The Bertz CT molecular complexity index is 716. The minimum absolute atomic E-state index is 0.321. The molecule has 0 fully saturated rings. The number of fused-ring (bicyclic) bond motifs is 1. The molecule has 3 rings (SSSR count). The molecule has 0 aliphatic rings. The molecule has 0 aliphatic carbocycles. The first kappa shape index (κ1) is 12.1. The molecule has 0 atom stereocenters. The first-order chi connectivity index (χ1) is 9.24. The van der Waals surface area contributed by atoms with Gasteiger partial charge < -0.3 is 9.84 Å². The third-order valence-corrected chi connectivity index (χ3v) is 4.03. The Labute approximate surface area is 115 Å². The van der Waals surface area contributed by atoms with E-state index in [1.807, 2.05) is 48.7 Å². The molecule has 0 saturated carbocycles. The maximum atomic E-state index is 9.93. The standard InChI is InChI=1S/C16H14O2S/c1-11-4-2-5-13(8-11)18-9-12-10-19-15-7-3-6-14(17)16(12)15/h2-8,10,17H,9H2,1H3. The second-order valence-corrected chi connectivity index (χ2v) is 5.43. The van der Waals surface area contributed by atoms with Gasteiger partial charge in [-0.25, -0.2) is 0 Å². The molecule has 0 aliphatic heterocycles. The minimum Gasteiger partial charge on any atom is -0.507 e. The third-order valence-electron chi connectivity index (χ3n) is 3.04. The van der Waals surface area contributed by atoms with Crippen LogP contribution in [0.15, 0.2) is 47.8 Å². The summed E-state index contributed by atoms with van der Waals surface area (Å²) in [5.41, 5.74) is 2.20. The van der Waals surface area contributed by atoms with Gasteiger partial charge in [-0.1, -0.05) is 18.2 Å². The van der Waals surface area contributed by atoms with Gasteiger partial charge in [-0.3, -0.25) is 0 Å². The zero-order valence-corrected chi connectivity index (χ0v) is 11.4. The number of hydrogen-bond acceptors (Lipinski definition) is 3. The molecule has 1 N–H and O–H groups in total. The first-order valence-electron chi connectivity index (χ1n) is 6.11. The van der Waals surface area contributed by atoms with E-state index >= 15 is 0 Å². The van der Waals surface area contributed by atoms with Gasteiger partial charge in [0.1, 0.15) is 18.1 Å². The first-order valence-corrected chi connectivity index (χ1v) is 6.99. The predicted molar refractivity (Wildman–Crippen MR) is 79.0 cm³/mol. The maximum absolute atomic E-state index is 9.93. The summed E-state index contributed by atoms with van der Waals surface area (Å²) in [6.07, 6.45) is 0. The maximum Gasteiger partial charge on any atom is 0.124 e. The van der Waals surface area contributed by atoms with E-state index in [9.17, 15) is 5.11 Å². The fourth-order valence-corrected chi connectivity index (χ4v) is 3.07. The Morgan fingerprint density at radius 2 is 2.00 bits per heavy atom. The number of aromatic hydroxyl groups is 1. The van der Waals surface area contributed by atoms with E-state index in [4.69, 9.17) is 4.74 Å². The Morgan fingerprint density at radius 3 is 2.84 bits per heavy atom. The van der Waals surface area contributed by atoms with Crippen LogP contribution in [0, 0.1) is 6.92 Å². The predicted octanol–water partition coefficient (Wildman–Crippen LogP) is 4.49. The fourth-order valence-electron chi connectivity index (χ4n) is 2.11. The summed E-state index contributed by atoms with van der Waals surface area (Å²) < 4.78 is 6.88. The van der Waals surface area contributed by atoms with E-state index < -0.39 is 0 Å². The number of aryl methyl sites for hydroxylation is 1. The molecular formula is C16H14O2S. The zero-order chi connectivity index (χ0) is 13.2. The molecule has 2 nitrogen and oxygen atoms in total. The van der Waals surface area contributed by atoms with Crippen molar-refractivity contribution in [1.82, 2.24) is 0 Å². The van der Waals surface area contributed by atoms with Crippen LogP contribution >= 0.6 is 11.3 Å². The van der Waals surface area contributed by atoms with Crippen LogP contribution in [0.2, 0.25) is 0 Å². The number of phenols is 1. The van der Waals surface area contributed by atoms with Crippen molar-refractivity contribution < 1.29 is 9.84 Å². The summed E-state index contributed by atoms with van der Waals surface area (Å²) in [6, 6.07) is 13.6. The van der Waals surface area contributed by atoms with Crippen molar-refractivity contribution in [1.29, 1.82) is 0 Å². The molecule has 2 aromatic carbocycles. The van der Waals surface area contributed by atoms with E-state index in [1.165, 1.54) is 5.56 Å². The van der Waals surface area contributed by atoms with Crippen LogP contribution in [0.5, 0.6) is 11.5 Å². The van der Waals surface area contributed by atoms with Crippen molar-refractivity contribution in [2.24, 2.45) is 0 Å². The van der Waals surface area contributed by atoms with Gasteiger partial charge in [0.2, 0.25) is 0 Å². The number of ether oxygens (including phenoxy) is 1. The summed E-state index contributed by atoms with van der Waals surface area (Å²) in [4.78, 5) is 0.